The van der Waals surface area contributed by atoms with E-state index >= 15 is 0 Å². The van der Waals surface area contributed by atoms with E-state index in [2.05, 4.69) is 10.3 Å². The minimum absolute atomic E-state index is 0.0599. The van der Waals surface area contributed by atoms with Crippen LogP contribution in [0.3, 0.4) is 0 Å². The van der Waals surface area contributed by atoms with Crippen molar-refractivity contribution in [1.82, 2.24) is 4.98 Å². The molecule has 2 N–H and O–H groups in total. The molecule has 1 aliphatic carbocycles. The third-order valence-electron chi connectivity index (χ3n) is 3.36. The highest BCUT2D eigenvalue weighted by atomic mass is 16.5. The number of rotatable bonds is 5. The van der Waals surface area contributed by atoms with Gasteiger partial charge in [0.25, 0.3) is 0 Å². The normalized spacial score (nSPS) is 16.3. The van der Waals surface area contributed by atoms with Crippen molar-refractivity contribution in [1.29, 1.82) is 0 Å². The fourth-order valence-corrected chi connectivity index (χ4v) is 2.29. The number of ether oxygens (including phenoxy) is 1. The molecule has 104 valence electrons. The summed E-state index contributed by atoms with van der Waals surface area (Å²) in [5, 5.41) is 11.9. The predicted molar refractivity (Wildman–Crippen MR) is 71.6 cm³/mol. The molecular formula is C14H20N2O3. The summed E-state index contributed by atoms with van der Waals surface area (Å²) in [5.74, 6) is -0.201. The maximum absolute atomic E-state index is 11.8. The van der Waals surface area contributed by atoms with E-state index in [1.165, 1.54) is 25.5 Å². The Balaban J connectivity index is 1.80. The molecule has 0 bridgehead atoms. The molecule has 19 heavy (non-hydrogen) atoms. The van der Waals surface area contributed by atoms with Gasteiger partial charge in [0.15, 0.2) is 0 Å². The van der Waals surface area contributed by atoms with E-state index in [0.29, 0.717) is 11.3 Å². The highest BCUT2D eigenvalue weighted by Gasteiger charge is 2.15. The number of pyridine rings is 1. The number of amides is 1. The Hall–Kier alpha value is -1.46. The number of carbonyl (C=O) groups is 1. The minimum atomic E-state index is -0.201. The van der Waals surface area contributed by atoms with Gasteiger partial charge in [0.1, 0.15) is 6.61 Å². The minimum Gasteiger partial charge on any atom is -0.392 e. The van der Waals surface area contributed by atoms with Crippen LogP contribution in [0.1, 0.15) is 37.7 Å². The van der Waals surface area contributed by atoms with E-state index in [0.717, 1.165) is 12.8 Å². The smallest absolute Gasteiger partial charge is 0.250 e. The van der Waals surface area contributed by atoms with E-state index in [4.69, 9.17) is 9.84 Å². The summed E-state index contributed by atoms with van der Waals surface area (Å²) in [6.07, 6.45) is 9.05. The van der Waals surface area contributed by atoms with Crippen molar-refractivity contribution in [2.45, 2.75) is 44.8 Å². The van der Waals surface area contributed by atoms with Gasteiger partial charge in [-0.15, -0.1) is 0 Å². The SMILES string of the molecule is O=C(COC1CCCCC1)Nc1cnccc1CO. The van der Waals surface area contributed by atoms with E-state index < -0.39 is 0 Å². The molecule has 1 heterocycles. The van der Waals surface area contributed by atoms with Crippen LogP contribution in [0.5, 0.6) is 0 Å². The average molecular weight is 264 g/mol. The van der Waals surface area contributed by atoms with Gasteiger partial charge in [0.2, 0.25) is 5.91 Å². The molecule has 1 aromatic rings. The summed E-state index contributed by atoms with van der Waals surface area (Å²) in [4.78, 5) is 15.7. The molecule has 0 saturated heterocycles. The molecule has 1 aliphatic rings. The Kier molecular flexibility index (Phi) is 5.30. The van der Waals surface area contributed by atoms with Crippen LogP contribution in [0.2, 0.25) is 0 Å². The number of aliphatic hydroxyl groups is 1. The summed E-state index contributed by atoms with van der Waals surface area (Å²) in [5.41, 5.74) is 1.20. The second kappa shape index (κ2) is 7.21. The van der Waals surface area contributed by atoms with Crippen LogP contribution in [0.4, 0.5) is 5.69 Å². The predicted octanol–water partition coefficient (Wildman–Crippen LogP) is 1.86. The highest BCUT2D eigenvalue weighted by molar-refractivity contribution is 5.92. The van der Waals surface area contributed by atoms with E-state index in [1.54, 1.807) is 12.3 Å². The zero-order valence-corrected chi connectivity index (χ0v) is 11.0. The second-order valence-corrected chi connectivity index (χ2v) is 4.81. The first kappa shape index (κ1) is 14.0. The fraction of sp³-hybridized carbons (Fsp3) is 0.571. The van der Waals surface area contributed by atoms with Crippen LogP contribution < -0.4 is 5.32 Å². The lowest BCUT2D eigenvalue weighted by atomic mass is 9.98. The number of aromatic nitrogens is 1. The molecule has 0 radical (unpaired) electrons. The standard InChI is InChI=1S/C14H20N2O3/c17-9-11-6-7-15-8-13(11)16-14(18)10-19-12-4-2-1-3-5-12/h6-8,12,17H,1-5,9-10H2,(H,16,18). The largest absolute Gasteiger partial charge is 0.392 e. The summed E-state index contributed by atoms with van der Waals surface area (Å²) in [6.45, 7) is -0.0634. The van der Waals surface area contributed by atoms with Crippen LogP contribution >= 0.6 is 0 Å². The molecule has 0 aliphatic heterocycles. The zero-order valence-electron chi connectivity index (χ0n) is 11.0. The fourth-order valence-electron chi connectivity index (χ4n) is 2.29. The molecule has 1 aromatic heterocycles. The number of anilines is 1. The molecule has 5 nitrogen and oxygen atoms in total. The van der Waals surface area contributed by atoms with Crippen LogP contribution in [-0.2, 0) is 16.1 Å². The lowest BCUT2D eigenvalue weighted by Crippen LogP contribution is -2.25. The first-order valence-corrected chi connectivity index (χ1v) is 6.75. The highest BCUT2D eigenvalue weighted by Crippen LogP contribution is 2.20. The molecule has 1 fully saturated rings. The summed E-state index contributed by atoms with van der Waals surface area (Å²) in [7, 11) is 0. The van der Waals surface area contributed by atoms with Gasteiger partial charge in [0, 0.05) is 11.8 Å². The van der Waals surface area contributed by atoms with Gasteiger partial charge in [-0.3, -0.25) is 9.78 Å². The van der Waals surface area contributed by atoms with Gasteiger partial charge >= 0.3 is 0 Å². The van der Waals surface area contributed by atoms with Crippen molar-refractivity contribution in [3.8, 4) is 0 Å². The third kappa shape index (κ3) is 4.29. The summed E-state index contributed by atoms with van der Waals surface area (Å²) in [6, 6.07) is 1.68. The van der Waals surface area contributed by atoms with Crippen LogP contribution in [0, 0.1) is 0 Å². The van der Waals surface area contributed by atoms with Crippen molar-refractivity contribution in [2.75, 3.05) is 11.9 Å². The Morgan fingerprint density at radius 1 is 1.42 bits per heavy atom. The number of aliphatic hydroxyl groups excluding tert-OH is 1. The lowest BCUT2D eigenvalue weighted by Gasteiger charge is -2.21. The van der Waals surface area contributed by atoms with Gasteiger partial charge in [-0.1, -0.05) is 19.3 Å². The van der Waals surface area contributed by atoms with Crippen LogP contribution in [-0.4, -0.2) is 28.7 Å². The van der Waals surface area contributed by atoms with Gasteiger partial charge < -0.3 is 15.2 Å². The second-order valence-electron chi connectivity index (χ2n) is 4.81. The molecular weight excluding hydrogens is 244 g/mol. The van der Waals surface area contributed by atoms with Gasteiger partial charge in [-0.05, 0) is 18.9 Å². The Morgan fingerprint density at radius 3 is 2.95 bits per heavy atom. The first-order valence-electron chi connectivity index (χ1n) is 6.75. The molecule has 0 unspecified atom stereocenters. The molecule has 1 saturated carbocycles. The topological polar surface area (TPSA) is 71.5 Å². The number of hydrogen-bond donors (Lipinski definition) is 2. The van der Waals surface area contributed by atoms with E-state index in [9.17, 15) is 4.79 Å². The van der Waals surface area contributed by atoms with Crippen molar-refractivity contribution < 1.29 is 14.6 Å². The zero-order chi connectivity index (χ0) is 13.5. The van der Waals surface area contributed by atoms with E-state index in [1.807, 2.05) is 0 Å². The molecule has 0 atom stereocenters. The van der Waals surface area contributed by atoms with Gasteiger partial charge in [0.05, 0.1) is 24.6 Å². The average Bonchev–Trinajstić information content (AvgIpc) is 2.47. The van der Waals surface area contributed by atoms with Gasteiger partial charge in [-0.2, -0.15) is 0 Å². The maximum Gasteiger partial charge on any atom is 0.250 e. The lowest BCUT2D eigenvalue weighted by molar-refractivity contribution is -0.123. The van der Waals surface area contributed by atoms with Crippen molar-refractivity contribution in [2.24, 2.45) is 0 Å². The van der Waals surface area contributed by atoms with Gasteiger partial charge in [-0.25, -0.2) is 0 Å². The number of nitrogens with zero attached hydrogens (tertiary/aromatic N) is 1. The molecule has 0 aromatic carbocycles. The van der Waals surface area contributed by atoms with Crippen LogP contribution in [0.15, 0.2) is 18.5 Å². The first-order chi connectivity index (χ1) is 9.29. The third-order valence-corrected chi connectivity index (χ3v) is 3.36. The van der Waals surface area contributed by atoms with Crippen molar-refractivity contribution >= 4 is 11.6 Å². The molecule has 2 rings (SSSR count). The van der Waals surface area contributed by atoms with Crippen molar-refractivity contribution in [3.05, 3.63) is 24.0 Å². The monoisotopic (exact) mass is 264 g/mol. The molecule has 0 spiro atoms. The number of carbonyl (C=O) groups excluding carboxylic acids is 1. The summed E-state index contributed by atoms with van der Waals surface area (Å²) < 4.78 is 5.60. The number of nitrogens with one attached hydrogen (secondary N) is 1. The van der Waals surface area contributed by atoms with Crippen molar-refractivity contribution in [3.63, 3.8) is 0 Å². The van der Waals surface area contributed by atoms with Crippen LogP contribution in [0.25, 0.3) is 0 Å². The quantitative estimate of drug-likeness (QED) is 0.851. The number of hydrogen-bond acceptors (Lipinski definition) is 4. The maximum atomic E-state index is 11.8. The molecule has 5 heteroatoms. The summed E-state index contributed by atoms with van der Waals surface area (Å²) >= 11 is 0. The molecule has 1 amide bonds. The van der Waals surface area contributed by atoms with E-state index in [-0.39, 0.29) is 25.2 Å². The Bertz CT molecular complexity index is 417. The Morgan fingerprint density at radius 2 is 2.21 bits per heavy atom. The Labute approximate surface area is 113 Å².